The molecule has 180 valence electrons. The maximum absolute atomic E-state index is 13.0. The molecule has 9 heteroatoms. The molecule has 0 bridgehead atoms. The number of hydrogen-bond donors (Lipinski definition) is 1. The van der Waals surface area contributed by atoms with Gasteiger partial charge in [-0.3, -0.25) is 9.59 Å². The van der Waals surface area contributed by atoms with Gasteiger partial charge in [-0.1, -0.05) is 24.3 Å². The van der Waals surface area contributed by atoms with Crippen LogP contribution in [-0.4, -0.2) is 57.4 Å². The van der Waals surface area contributed by atoms with E-state index in [1.807, 2.05) is 12.1 Å². The monoisotopic (exact) mass is 483 g/mol. The van der Waals surface area contributed by atoms with Gasteiger partial charge < -0.3 is 15.0 Å². The molecule has 0 spiro atoms. The lowest BCUT2D eigenvalue weighted by Gasteiger charge is -2.31. The number of amides is 2. The Kier molecular flexibility index (Phi) is 6.42. The lowest BCUT2D eigenvalue weighted by Crippen LogP contribution is -2.44. The van der Waals surface area contributed by atoms with E-state index < -0.39 is 10.0 Å². The Balaban J connectivity index is 1.33. The third kappa shape index (κ3) is 4.47. The summed E-state index contributed by atoms with van der Waals surface area (Å²) >= 11 is 0. The Morgan fingerprint density at radius 3 is 2.65 bits per heavy atom. The molecule has 5 rings (SSSR count). The van der Waals surface area contributed by atoms with E-state index in [1.54, 1.807) is 12.1 Å². The maximum Gasteiger partial charge on any atom is 0.243 e. The van der Waals surface area contributed by atoms with Gasteiger partial charge in [0, 0.05) is 25.2 Å². The second-order valence-corrected chi connectivity index (χ2v) is 10.9. The molecule has 3 aliphatic rings. The van der Waals surface area contributed by atoms with Crippen molar-refractivity contribution in [2.75, 3.05) is 37.7 Å². The molecule has 8 nitrogen and oxygen atoms in total. The molecule has 0 unspecified atom stereocenters. The molecular formula is C25H29N3O5S. The topological polar surface area (TPSA) is 96.0 Å². The highest BCUT2D eigenvalue weighted by atomic mass is 32.2. The van der Waals surface area contributed by atoms with Crippen molar-refractivity contribution < 1.29 is 22.7 Å². The van der Waals surface area contributed by atoms with E-state index >= 15 is 0 Å². The van der Waals surface area contributed by atoms with Crippen molar-refractivity contribution in [3.63, 3.8) is 0 Å². The Labute approximate surface area is 199 Å². The molecule has 2 amide bonds. The third-order valence-electron chi connectivity index (χ3n) is 6.87. The highest BCUT2D eigenvalue weighted by Crippen LogP contribution is 2.32. The molecule has 0 aromatic heterocycles. The molecule has 1 N–H and O–H groups in total. The summed E-state index contributed by atoms with van der Waals surface area (Å²) in [4.78, 5) is 27.4. The third-order valence-corrected chi connectivity index (χ3v) is 8.76. The smallest absolute Gasteiger partial charge is 0.243 e. The number of aryl methyl sites for hydroxylation is 2. The first-order valence-corrected chi connectivity index (χ1v) is 13.3. The second-order valence-electron chi connectivity index (χ2n) is 9.00. The lowest BCUT2D eigenvalue weighted by atomic mass is 9.88. The molecular weight excluding hydrogens is 454 g/mol. The predicted molar refractivity (Wildman–Crippen MR) is 127 cm³/mol. The van der Waals surface area contributed by atoms with Crippen molar-refractivity contribution in [1.82, 2.24) is 9.62 Å². The van der Waals surface area contributed by atoms with Gasteiger partial charge in [-0.05, 0) is 60.6 Å². The predicted octanol–water partition coefficient (Wildman–Crippen LogP) is 2.18. The van der Waals surface area contributed by atoms with Gasteiger partial charge in [0.05, 0.1) is 24.2 Å². The van der Waals surface area contributed by atoms with E-state index in [9.17, 15) is 18.0 Å². The number of sulfonamides is 1. The van der Waals surface area contributed by atoms with Crippen LogP contribution >= 0.6 is 0 Å². The normalized spacial score (nSPS) is 21.0. The van der Waals surface area contributed by atoms with Crippen LogP contribution in [0, 0.1) is 0 Å². The number of anilines is 1. The summed E-state index contributed by atoms with van der Waals surface area (Å²) in [6, 6.07) is 12.9. The second kappa shape index (κ2) is 9.48. The van der Waals surface area contributed by atoms with Crippen molar-refractivity contribution in [1.29, 1.82) is 0 Å². The van der Waals surface area contributed by atoms with Crippen LogP contribution in [0.4, 0.5) is 5.69 Å². The molecule has 2 aromatic rings. The minimum Gasteiger partial charge on any atom is -0.379 e. The van der Waals surface area contributed by atoms with Gasteiger partial charge >= 0.3 is 0 Å². The SMILES string of the molecule is O=C(CN1C(=O)CCc2cc(S(=O)(=O)N3CCOCC3)ccc21)N[C@@H]1CCCc2ccccc21. The molecule has 2 heterocycles. The summed E-state index contributed by atoms with van der Waals surface area (Å²) in [7, 11) is -3.63. The lowest BCUT2D eigenvalue weighted by molar-refractivity contribution is -0.124. The van der Waals surface area contributed by atoms with E-state index in [1.165, 1.54) is 20.8 Å². The van der Waals surface area contributed by atoms with Crippen LogP contribution in [0.2, 0.25) is 0 Å². The number of hydrogen-bond acceptors (Lipinski definition) is 5. The Morgan fingerprint density at radius 2 is 1.82 bits per heavy atom. The van der Waals surface area contributed by atoms with E-state index in [0.717, 1.165) is 30.4 Å². The van der Waals surface area contributed by atoms with Gasteiger partial charge in [0.25, 0.3) is 0 Å². The summed E-state index contributed by atoms with van der Waals surface area (Å²) in [5.41, 5.74) is 3.78. The van der Waals surface area contributed by atoms with E-state index in [4.69, 9.17) is 4.74 Å². The Morgan fingerprint density at radius 1 is 1.03 bits per heavy atom. The van der Waals surface area contributed by atoms with Crippen molar-refractivity contribution in [2.45, 2.75) is 43.0 Å². The van der Waals surface area contributed by atoms with E-state index in [-0.39, 0.29) is 35.7 Å². The van der Waals surface area contributed by atoms with Gasteiger partial charge in [-0.15, -0.1) is 0 Å². The average Bonchev–Trinajstić information content (AvgIpc) is 2.86. The van der Waals surface area contributed by atoms with Crippen LogP contribution in [-0.2, 0) is 37.2 Å². The van der Waals surface area contributed by atoms with Gasteiger partial charge in [0.2, 0.25) is 21.8 Å². The number of morpholine rings is 1. The summed E-state index contributed by atoms with van der Waals surface area (Å²) in [5, 5.41) is 3.11. The highest BCUT2D eigenvalue weighted by Gasteiger charge is 2.31. The standard InChI is InChI=1S/C25H29N3O5S/c29-24(26-22-7-3-5-18-4-1-2-6-21(18)22)17-28-23-10-9-20(16-19(23)8-11-25(28)30)34(31,32)27-12-14-33-15-13-27/h1-2,4,6,9-10,16,22H,3,5,7-8,11-15,17H2,(H,26,29)/t22-/m1/s1. The van der Waals surface area contributed by atoms with Crippen molar-refractivity contribution >= 4 is 27.5 Å². The van der Waals surface area contributed by atoms with Gasteiger partial charge in [0.1, 0.15) is 6.54 Å². The largest absolute Gasteiger partial charge is 0.379 e. The fourth-order valence-corrected chi connectivity index (χ4v) is 6.55. The minimum absolute atomic E-state index is 0.0575. The van der Waals surface area contributed by atoms with Gasteiger partial charge in [0.15, 0.2) is 0 Å². The van der Waals surface area contributed by atoms with Crippen LogP contribution < -0.4 is 10.2 Å². The summed E-state index contributed by atoms with van der Waals surface area (Å²) in [6.45, 7) is 1.34. The molecule has 0 radical (unpaired) electrons. The first-order chi connectivity index (χ1) is 16.4. The molecule has 1 fully saturated rings. The number of benzene rings is 2. The zero-order chi connectivity index (χ0) is 23.7. The number of nitrogens with zero attached hydrogens (tertiary/aromatic N) is 2. The number of fused-ring (bicyclic) bond motifs is 2. The fraction of sp³-hybridized carbons (Fsp3) is 0.440. The van der Waals surface area contributed by atoms with Crippen molar-refractivity contribution in [3.05, 3.63) is 59.2 Å². The molecule has 2 aliphatic heterocycles. The molecule has 34 heavy (non-hydrogen) atoms. The summed E-state index contributed by atoms with van der Waals surface area (Å²) in [5.74, 6) is -0.344. The number of ether oxygens (including phenoxy) is 1. The van der Waals surface area contributed by atoms with Crippen LogP contribution in [0.1, 0.15) is 42.0 Å². The Hall–Kier alpha value is -2.75. The molecule has 0 saturated carbocycles. The van der Waals surface area contributed by atoms with E-state index in [0.29, 0.717) is 38.4 Å². The van der Waals surface area contributed by atoms with Crippen molar-refractivity contribution in [3.8, 4) is 0 Å². The number of carbonyl (C=O) groups excluding carboxylic acids is 2. The van der Waals surface area contributed by atoms with Gasteiger partial charge in [-0.2, -0.15) is 4.31 Å². The van der Waals surface area contributed by atoms with Crippen LogP contribution in [0.5, 0.6) is 0 Å². The minimum atomic E-state index is -3.63. The average molecular weight is 484 g/mol. The zero-order valence-electron chi connectivity index (χ0n) is 19.0. The fourth-order valence-electron chi connectivity index (χ4n) is 5.09. The quantitative estimate of drug-likeness (QED) is 0.703. The highest BCUT2D eigenvalue weighted by molar-refractivity contribution is 7.89. The number of carbonyl (C=O) groups is 2. The summed E-state index contributed by atoms with van der Waals surface area (Å²) < 4.78 is 32.8. The number of rotatable bonds is 5. The first kappa shape index (κ1) is 23.0. The van der Waals surface area contributed by atoms with Crippen LogP contribution in [0.25, 0.3) is 0 Å². The van der Waals surface area contributed by atoms with E-state index in [2.05, 4.69) is 17.4 Å². The molecule has 2 aromatic carbocycles. The maximum atomic E-state index is 13.0. The van der Waals surface area contributed by atoms with Gasteiger partial charge in [-0.25, -0.2) is 8.42 Å². The summed E-state index contributed by atoms with van der Waals surface area (Å²) in [6.07, 6.45) is 3.59. The van der Waals surface area contributed by atoms with Crippen LogP contribution in [0.15, 0.2) is 47.4 Å². The molecule has 1 aliphatic carbocycles. The zero-order valence-corrected chi connectivity index (χ0v) is 19.9. The number of nitrogens with one attached hydrogen (secondary N) is 1. The van der Waals surface area contributed by atoms with Crippen molar-refractivity contribution in [2.24, 2.45) is 0 Å². The van der Waals surface area contributed by atoms with Crippen LogP contribution in [0.3, 0.4) is 0 Å². The first-order valence-electron chi connectivity index (χ1n) is 11.8. The Bertz CT molecular complexity index is 1210. The molecule has 1 atom stereocenters. The molecule has 1 saturated heterocycles.